The fourth-order valence-electron chi connectivity index (χ4n) is 5.56. The van der Waals surface area contributed by atoms with Gasteiger partial charge in [-0.15, -0.1) is 11.3 Å². The van der Waals surface area contributed by atoms with E-state index in [0.29, 0.717) is 31.8 Å². The largest absolute Gasteiger partial charge is 0.379 e. The number of hydrogen-bond donors (Lipinski definition) is 1. The van der Waals surface area contributed by atoms with Gasteiger partial charge in [-0.2, -0.15) is 5.26 Å². The molecule has 1 N–H and O–H groups in total. The first-order valence-corrected chi connectivity index (χ1v) is 15.3. The van der Waals surface area contributed by atoms with Gasteiger partial charge in [0.2, 0.25) is 5.95 Å². The molecule has 0 bridgehead atoms. The third-order valence-electron chi connectivity index (χ3n) is 7.57. The number of benzene rings is 1. The zero-order chi connectivity index (χ0) is 30.7. The van der Waals surface area contributed by atoms with E-state index in [1.807, 2.05) is 43.5 Å². The molecule has 2 saturated heterocycles. The number of carbonyl (C=O) groups excluding carboxylic acids is 2. The molecule has 228 valence electrons. The van der Waals surface area contributed by atoms with Crippen molar-refractivity contribution < 1.29 is 23.1 Å². The van der Waals surface area contributed by atoms with E-state index in [1.54, 1.807) is 11.0 Å². The average Bonchev–Trinajstić information content (AvgIpc) is 3.71. The SMILES string of the molecule is CC(C)(C)/C=C(\C#N)C(=O)N1CCC[C@@H]1Cn1c(NC(=O)c2ccc(C(F)F)s2)nc2cc(CN3CCOCC3)ccc21. The Morgan fingerprint density at radius 3 is 2.65 bits per heavy atom. The minimum atomic E-state index is -2.66. The van der Waals surface area contributed by atoms with Crippen molar-refractivity contribution in [3.8, 4) is 6.07 Å². The van der Waals surface area contributed by atoms with E-state index in [1.165, 1.54) is 12.1 Å². The highest BCUT2D eigenvalue weighted by atomic mass is 32.1. The summed E-state index contributed by atoms with van der Waals surface area (Å²) in [4.78, 5) is 35.4. The first kappa shape index (κ1) is 30.8. The molecule has 43 heavy (non-hydrogen) atoms. The normalized spacial score (nSPS) is 18.4. The third-order valence-corrected chi connectivity index (χ3v) is 8.66. The molecule has 0 spiro atoms. The van der Waals surface area contributed by atoms with Gasteiger partial charge in [-0.05, 0) is 48.1 Å². The molecule has 3 aromatic rings. The van der Waals surface area contributed by atoms with E-state index in [0.717, 1.165) is 54.9 Å². The van der Waals surface area contributed by atoms with Crippen LogP contribution in [0.3, 0.4) is 0 Å². The minimum Gasteiger partial charge on any atom is -0.379 e. The highest BCUT2D eigenvalue weighted by molar-refractivity contribution is 7.14. The summed E-state index contributed by atoms with van der Waals surface area (Å²) in [5.74, 6) is -0.553. The summed E-state index contributed by atoms with van der Waals surface area (Å²) in [6, 6.07) is 10.5. The Kier molecular flexibility index (Phi) is 9.25. The lowest BCUT2D eigenvalue weighted by Crippen LogP contribution is -2.39. The summed E-state index contributed by atoms with van der Waals surface area (Å²) in [5, 5.41) is 12.6. The van der Waals surface area contributed by atoms with Crippen molar-refractivity contribution in [2.75, 3.05) is 38.2 Å². The maximum absolute atomic E-state index is 13.5. The number of carbonyl (C=O) groups is 2. The van der Waals surface area contributed by atoms with E-state index in [-0.39, 0.29) is 38.6 Å². The number of morpholine rings is 1. The number of aromatic nitrogens is 2. The Hall–Kier alpha value is -3.66. The molecule has 9 nitrogen and oxygen atoms in total. The van der Waals surface area contributed by atoms with Crippen LogP contribution in [0.4, 0.5) is 14.7 Å². The molecule has 0 saturated carbocycles. The Morgan fingerprint density at radius 1 is 1.21 bits per heavy atom. The van der Waals surface area contributed by atoms with Crippen molar-refractivity contribution in [3.05, 3.63) is 57.3 Å². The van der Waals surface area contributed by atoms with Crippen molar-refractivity contribution in [2.45, 2.75) is 59.2 Å². The van der Waals surface area contributed by atoms with E-state index in [9.17, 15) is 23.6 Å². The monoisotopic (exact) mass is 610 g/mol. The van der Waals surface area contributed by atoms with Crippen LogP contribution in [-0.4, -0.2) is 70.1 Å². The standard InChI is InChI=1S/C31H36F2N6O3S/c1-31(2,3)16-21(17-34)29(41)38-10-4-5-22(38)19-39-24-7-6-20(18-37-11-13-42-14-12-37)15-23(24)35-30(39)36-28(40)26-9-8-25(43-26)27(32)33/h6-9,15-16,22,27H,4-5,10-14,18-19H2,1-3H3,(H,35,36,40)/b21-16+/t22-/m1/s1. The fraction of sp³-hybridized carbons (Fsp3) is 0.484. The number of nitrogens with one attached hydrogen (secondary N) is 1. The van der Waals surface area contributed by atoms with Gasteiger partial charge in [-0.1, -0.05) is 32.9 Å². The lowest BCUT2D eigenvalue weighted by Gasteiger charge is -2.27. The Balaban J connectivity index is 1.46. The van der Waals surface area contributed by atoms with Crippen LogP contribution >= 0.6 is 11.3 Å². The number of alkyl halides is 2. The number of amides is 2. The second kappa shape index (κ2) is 12.9. The van der Waals surface area contributed by atoms with Gasteiger partial charge in [0.25, 0.3) is 18.2 Å². The Labute approximate surface area is 253 Å². The van der Waals surface area contributed by atoms with Crippen LogP contribution < -0.4 is 5.32 Å². The molecule has 2 aliphatic rings. The van der Waals surface area contributed by atoms with Crippen LogP contribution in [0.15, 0.2) is 42.0 Å². The molecule has 1 atom stereocenters. The predicted octanol–water partition coefficient (Wildman–Crippen LogP) is 5.61. The number of nitrogens with zero attached hydrogens (tertiary/aromatic N) is 5. The first-order chi connectivity index (χ1) is 20.5. The second-order valence-electron chi connectivity index (χ2n) is 12.0. The highest BCUT2D eigenvalue weighted by Crippen LogP contribution is 2.30. The van der Waals surface area contributed by atoms with Gasteiger partial charge < -0.3 is 14.2 Å². The Morgan fingerprint density at radius 2 is 1.98 bits per heavy atom. The number of nitriles is 1. The summed E-state index contributed by atoms with van der Waals surface area (Å²) in [7, 11) is 0. The quantitative estimate of drug-likeness (QED) is 0.263. The number of anilines is 1. The van der Waals surface area contributed by atoms with Crippen molar-refractivity contribution in [3.63, 3.8) is 0 Å². The van der Waals surface area contributed by atoms with Crippen LogP contribution in [0.25, 0.3) is 11.0 Å². The first-order valence-electron chi connectivity index (χ1n) is 14.4. The molecule has 2 amide bonds. The van der Waals surface area contributed by atoms with Gasteiger partial charge >= 0.3 is 0 Å². The molecule has 12 heteroatoms. The van der Waals surface area contributed by atoms with E-state index in [4.69, 9.17) is 9.72 Å². The van der Waals surface area contributed by atoms with E-state index >= 15 is 0 Å². The number of hydrogen-bond acceptors (Lipinski definition) is 7. The molecular formula is C31H36F2N6O3S. The zero-order valence-electron chi connectivity index (χ0n) is 24.6. The summed E-state index contributed by atoms with van der Waals surface area (Å²) >= 11 is 0.746. The molecule has 2 aromatic heterocycles. The lowest BCUT2D eigenvalue weighted by atomic mass is 9.93. The maximum atomic E-state index is 13.5. The maximum Gasteiger partial charge on any atom is 0.272 e. The number of imidazole rings is 1. The number of halogens is 2. The molecule has 0 unspecified atom stereocenters. The molecule has 0 aliphatic carbocycles. The number of ether oxygens (including phenoxy) is 1. The number of allylic oxidation sites excluding steroid dienone is 1. The van der Waals surface area contributed by atoms with Gasteiger partial charge in [0.15, 0.2) is 0 Å². The van der Waals surface area contributed by atoms with Crippen LogP contribution in [0.5, 0.6) is 0 Å². The topological polar surface area (TPSA) is 103 Å². The number of likely N-dealkylation sites (tertiary alicyclic amines) is 1. The average molecular weight is 611 g/mol. The molecule has 0 radical (unpaired) electrons. The molecule has 2 aliphatic heterocycles. The van der Waals surface area contributed by atoms with Crippen LogP contribution in [0.2, 0.25) is 0 Å². The van der Waals surface area contributed by atoms with Gasteiger partial charge in [0.05, 0.1) is 40.0 Å². The summed E-state index contributed by atoms with van der Waals surface area (Å²) in [6.45, 7) is 10.5. The minimum absolute atomic E-state index is 0.115. The lowest BCUT2D eigenvalue weighted by molar-refractivity contribution is -0.127. The van der Waals surface area contributed by atoms with E-state index < -0.39 is 12.3 Å². The molecule has 5 rings (SSSR count). The highest BCUT2D eigenvalue weighted by Gasteiger charge is 2.33. The van der Waals surface area contributed by atoms with Crippen molar-refractivity contribution in [1.29, 1.82) is 5.26 Å². The van der Waals surface area contributed by atoms with E-state index in [2.05, 4.69) is 16.3 Å². The number of fused-ring (bicyclic) bond motifs is 1. The third kappa shape index (κ3) is 7.29. The molecule has 1 aromatic carbocycles. The fourth-order valence-corrected chi connectivity index (χ4v) is 6.32. The van der Waals surface area contributed by atoms with Gasteiger partial charge in [-0.3, -0.25) is 19.8 Å². The van der Waals surface area contributed by atoms with Crippen molar-refractivity contribution in [2.24, 2.45) is 5.41 Å². The van der Waals surface area contributed by atoms with Crippen LogP contribution in [-0.2, 0) is 22.6 Å². The number of rotatable bonds is 8. The number of thiophene rings is 1. The smallest absolute Gasteiger partial charge is 0.272 e. The molecule has 4 heterocycles. The van der Waals surface area contributed by atoms with Gasteiger partial charge in [0.1, 0.15) is 11.6 Å². The van der Waals surface area contributed by atoms with Crippen LogP contribution in [0, 0.1) is 16.7 Å². The summed E-state index contributed by atoms with van der Waals surface area (Å²) < 4.78 is 33.7. The molecular weight excluding hydrogens is 574 g/mol. The predicted molar refractivity (Wildman–Crippen MR) is 161 cm³/mol. The van der Waals surface area contributed by atoms with Gasteiger partial charge in [-0.25, -0.2) is 13.8 Å². The summed E-state index contributed by atoms with van der Waals surface area (Å²) in [6.07, 6.45) is 0.560. The zero-order valence-corrected chi connectivity index (χ0v) is 25.4. The molecule has 2 fully saturated rings. The van der Waals surface area contributed by atoms with Gasteiger partial charge in [0, 0.05) is 32.7 Å². The second-order valence-corrected chi connectivity index (χ2v) is 13.2. The van der Waals surface area contributed by atoms with Crippen molar-refractivity contribution >= 4 is 40.1 Å². The Bertz CT molecular complexity index is 1560. The van der Waals surface area contributed by atoms with Crippen molar-refractivity contribution in [1.82, 2.24) is 19.4 Å². The van der Waals surface area contributed by atoms with Crippen LogP contribution in [0.1, 0.15) is 60.2 Å². The summed E-state index contributed by atoms with van der Waals surface area (Å²) in [5.41, 5.74) is 2.31.